The number of hydrogen-bond acceptors (Lipinski definition) is 7. The van der Waals surface area contributed by atoms with Gasteiger partial charge in [0.1, 0.15) is 4.90 Å². The lowest BCUT2D eigenvalue weighted by atomic mass is 9.96. The number of rotatable bonds is 4. The van der Waals surface area contributed by atoms with Crippen LogP contribution in [0.4, 0.5) is 5.13 Å². The standard InChI is InChI=1S/C19H25N5O3S2/c25-18(22-8-2-9-23(13-12-22)19-21-7-14-28-19)16-4-10-24(11-5-16)29(26,27)17-3-1-6-20-15-17/h1,3,6-7,14-16H,2,4-5,8-13H2. The molecule has 0 bridgehead atoms. The summed E-state index contributed by atoms with van der Waals surface area (Å²) >= 11 is 1.62. The maximum atomic E-state index is 13.0. The minimum absolute atomic E-state index is 0.109. The molecule has 29 heavy (non-hydrogen) atoms. The van der Waals surface area contributed by atoms with Gasteiger partial charge in [0.15, 0.2) is 5.13 Å². The van der Waals surface area contributed by atoms with Gasteiger partial charge in [-0.25, -0.2) is 13.4 Å². The molecule has 2 aromatic heterocycles. The minimum Gasteiger partial charge on any atom is -0.346 e. The van der Waals surface area contributed by atoms with Gasteiger partial charge in [0.05, 0.1) is 0 Å². The number of carbonyl (C=O) groups excluding carboxylic acids is 1. The number of carbonyl (C=O) groups is 1. The summed E-state index contributed by atoms with van der Waals surface area (Å²) in [4.78, 5) is 25.7. The van der Waals surface area contributed by atoms with Gasteiger partial charge in [0.25, 0.3) is 0 Å². The molecule has 0 atom stereocenters. The average Bonchev–Trinajstić information content (AvgIpc) is 3.19. The zero-order chi connectivity index (χ0) is 20.3. The minimum atomic E-state index is -3.54. The van der Waals surface area contributed by atoms with Gasteiger partial charge in [-0.3, -0.25) is 9.78 Å². The van der Waals surface area contributed by atoms with E-state index in [9.17, 15) is 13.2 Å². The van der Waals surface area contributed by atoms with Gasteiger partial charge < -0.3 is 9.80 Å². The van der Waals surface area contributed by atoms with Crippen LogP contribution in [0.15, 0.2) is 41.0 Å². The fourth-order valence-corrected chi connectivity index (χ4v) is 6.08. The van der Waals surface area contributed by atoms with Crippen LogP contribution in [0.2, 0.25) is 0 Å². The van der Waals surface area contributed by atoms with Crippen molar-refractivity contribution in [2.75, 3.05) is 44.2 Å². The Labute approximate surface area is 175 Å². The van der Waals surface area contributed by atoms with Crippen molar-refractivity contribution in [2.24, 2.45) is 5.92 Å². The molecule has 8 nitrogen and oxygen atoms in total. The van der Waals surface area contributed by atoms with Crippen LogP contribution in [0.5, 0.6) is 0 Å². The fraction of sp³-hybridized carbons (Fsp3) is 0.526. The lowest BCUT2D eigenvalue weighted by molar-refractivity contribution is -0.136. The van der Waals surface area contributed by atoms with Crippen LogP contribution in [0.1, 0.15) is 19.3 Å². The molecular formula is C19H25N5O3S2. The number of anilines is 1. The van der Waals surface area contributed by atoms with E-state index in [0.717, 1.165) is 31.2 Å². The number of amides is 1. The predicted octanol–water partition coefficient (Wildman–Crippen LogP) is 1.68. The monoisotopic (exact) mass is 435 g/mol. The number of aromatic nitrogens is 2. The van der Waals surface area contributed by atoms with Gasteiger partial charge in [-0.1, -0.05) is 0 Å². The maximum absolute atomic E-state index is 13.0. The van der Waals surface area contributed by atoms with E-state index in [0.29, 0.717) is 32.5 Å². The summed E-state index contributed by atoms with van der Waals surface area (Å²) in [5, 5.41) is 2.98. The molecule has 0 N–H and O–H groups in total. The highest BCUT2D eigenvalue weighted by molar-refractivity contribution is 7.89. The van der Waals surface area contributed by atoms with Gasteiger partial charge in [-0.05, 0) is 31.4 Å². The van der Waals surface area contributed by atoms with Crippen molar-refractivity contribution in [3.8, 4) is 0 Å². The second-order valence-corrected chi connectivity index (χ2v) is 10.2. The molecule has 0 aliphatic carbocycles. The molecule has 2 aliphatic rings. The van der Waals surface area contributed by atoms with E-state index in [2.05, 4.69) is 14.9 Å². The molecule has 4 rings (SSSR count). The van der Waals surface area contributed by atoms with Crippen LogP contribution in [-0.2, 0) is 14.8 Å². The highest BCUT2D eigenvalue weighted by Gasteiger charge is 2.34. The molecule has 0 unspecified atom stereocenters. The first-order valence-corrected chi connectivity index (χ1v) is 12.2. The highest BCUT2D eigenvalue weighted by Crippen LogP contribution is 2.26. The van der Waals surface area contributed by atoms with Crippen LogP contribution in [-0.4, -0.2) is 72.8 Å². The summed E-state index contributed by atoms with van der Waals surface area (Å²) < 4.78 is 27.0. The molecule has 156 valence electrons. The Morgan fingerprint density at radius 1 is 1.07 bits per heavy atom. The van der Waals surface area contributed by atoms with Crippen molar-refractivity contribution in [1.82, 2.24) is 19.2 Å². The second kappa shape index (κ2) is 8.76. The van der Waals surface area contributed by atoms with E-state index in [1.54, 1.807) is 35.9 Å². The van der Waals surface area contributed by atoms with Crippen LogP contribution in [0.3, 0.4) is 0 Å². The van der Waals surface area contributed by atoms with Crippen molar-refractivity contribution in [1.29, 1.82) is 0 Å². The smallest absolute Gasteiger partial charge is 0.244 e. The molecule has 0 saturated carbocycles. The van der Waals surface area contributed by atoms with Gasteiger partial charge in [-0.2, -0.15) is 4.31 Å². The molecule has 2 aliphatic heterocycles. The fourth-order valence-electron chi connectivity index (χ4n) is 3.95. The van der Waals surface area contributed by atoms with E-state index in [-0.39, 0.29) is 16.7 Å². The lowest BCUT2D eigenvalue weighted by Gasteiger charge is -2.33. The first kappa shape index (κ1) is 20.2. The molecule has 0 radical (unpaired) electrons. The molecule has 2 saturated heterocycles. The van der Waals surface area contributed by atoms with Gasteiger partial charge >= 0.3 is 0 Å². The van der Waals surface area contributed by atoms with Crippen LogP contribution in [0, 0.1) is 5.92 Å². The van der Waals surface area contributed by atoms with Crippen molar-refractivity contribution < 1.29 is 13.2 Å². The van der Waals surface area contributed by atoms with Crippen molar-refractivity contribution in [3.05, 3.63) is 36.1 Å². The van der Waals surface area contributed by atoms with Gasteiger partial charge in [0.2, 0.25) is 15.9 Å². The van der Waals surface area contributed by atoms with E-state index in [1.807, 2.05) is 10.3 Å². The summed E-state index contributed by atoms with van der Waals surface area (Å²) in [7, 11) is -3.54. The van der Waals surface area contributed by atoms with Crippen LogP contribution in [0.25, 0.3) is 0 Å². The molecule has 4 heterocycles. The first-order chi connectivity index (χ1) is 14.1. The Hall–Kier alpha value is -2.04. The largest absolute Gasteiger partial charge is 0.346 e. The third kappa shape index (κ3) is 4.44. The molecule has 2 aromatic rings. The topological polar surface area (TPSA) is 86.7 Å². The number of sulfonamides is 1. The van der Waals surface area contributed by atoms with Gasteiger partial charge in [0, 0.05) is 69.2 Å². The summed E-state index contributed by atoms with van der Waals surface area (Å²) in [5.41, 5.74) is 0. The van der Waals surface area contributed by atoms with Crippen LogP contribution < -0.4 is 4.90 Å². The van der Waals surface area contributed by atoms with E-state index >= 15 is 0 Å². The quantitative estimate of drug-likeness (QED) is 0.726. The summed E-state index contributed by atoms with van der Waals surface area (Å²) in [6.45, 7) is 3.85. The molecule has 0 spiro atoms. The van der Waals surface area contributed by atoms with Crippen molar-refractivity contribution >= 4 is 32.4 Å². The number of pyridine rings is 1. The Morgan fingerprint density at radius 2 is 1.90 bits per heavy atom. The zero-order valence-corrected chi connectivity index (χ0v) is 17.8. The number of hydrogen-bond donors (Lipinski definition) is 0. The Kier molecular flexibility index (Phi) is 6.12. The maximum Gasteiger partial charge on any atom is 0.244 e. The third-order valence-electron chi connectivity index (χ3n) is 5.57. The van der Waals surface area contributed by atoms with E-state index < -0.39 is 10.0 Å². The second-order valence-electron chi connectivity index (χ2n) is 7.35. The summed E-state index contributed by atoms with van der Waals surface area (Å²) in [5.74, 6) is 0.0474. The lowest BCUT2D eigenvalue weighted by Crippen LogP contribution is -2.45. The highest BCUT2D eigenvalue weighted by atomic mass is 32.2. The Balaban J connectivity index is 1.33. The molecule has 2 fully saturated rings. The molecule has 0 aromatic carbocycles. The Morgan fingerprint density at radius 3 is 2.59 bits per heavy atom. The number of piperidine rings is 1. The van der Waals surface area contributed by atoms with E-state index in [4.69, 9.17) is 0 Å². The van der Waals surface area contributed by atoms with Crippen molar-refractivity contribution in [3.63, 3.8) is 0 Å². The van der Waals surface area contributed by atoms with Gasteiger partial charge in [-0.15, -0.1) is 11.3 Å². The molecule has 10 heteroatoms. The number of nitrogens with zero attached hydrogens (tertiary/aromatic N) is 5. The SMILES string of the molecule is O=C(C1CCN(S(=O)(=O)c2cccnc2)CC1)N1CCCN(c2nccs2)CC1. The van der Waals surface area contributed by atoms with E-state index in [1.165, 1.54) is 10.5 Å². The molecular weight excluding hydrogens is 410 g/mol. The van der Waals surface area contributed by atoms with Crippen molar-refractivity contribution in [2.45, 2.75) is 24.2 Å². The third-order valence-corrected chi connectivity index (χ3v) is 8.29. The summed E-state index contributed by atoms with van der Waals surface area (Å²) in [6, 6.07) is 3.18. The average molecular weight is 436 g/mol. The normalized spacial score (nSPS) is 19.9. The Bertz CT molecular complexity index is 913. The first-order valence-electron chi connectivity index (χ1n) is 9.89. The summed E-state index contributed by atoms with van der Waals surface area (Å²) in [6.07, 6.45) is 6.77. The zero-order valence-electron chi connectivity index (χ0n) is 16.2. The van der Waals surface area contributed by atoms with Crippen LogP contribution >= 0.6 is 11.3 Å². The predicted molar refractivity (Wildman–Crippen MR) is 111 cm³/mol. The number of thiazole rings is 1. The molecule has 1 amide bonds.